The first-order chi connectivity index (χ1) is 9.69. The molecule has 3 rings (SSSR count). The van der Waals surface area contributed by atoms with Crippen molar-refractivity contribution in [3.63, 3.8) is 0 Å². The van der Waals surface area contributed by atoms with Gasteiger partial charge in [0, 0.05) is 10.9 Å². The summed E-state index contributed by atoms with van der Waals surface area (Å²) in [7, 11) is 1.56. The van der Waals surface area contributed by atoms with Crippen molar-refractivity contribution in [1.29, 1.82) is 0 Å². The maximum atomic E-state index is 11.4. The van der Waals surface area contributed by atoms with Crippen LogP contribution >= 0.6 is 0 Å². The lowest BCUT2D eigenvalue weighted by Gasteiger charge is -2.14. The zero-order valence-electron chi connectivity index (χ0n) is 11.4. The quantitative estimate of drug-likeness (QED) is 0.804. The number of aromatic nitrogens is 1. The number of methoxy groups -OCH3 is 1. The van der Waals surface area contributed by atoms with Crippen molar-refractivity contribution < 1.29 is 19.0 Å². The van der Waals surface area contributed by atoms with Gasteiger partial charge in [-0.25, -0.2) is 4.98 Å². The third-order valence-electron chi connectivity index (χ3n) is 3.29. The minimum absolute atomic E-state index is 0.0132. The van der Waals surface area contributed by atoms with Crippen LogP contribution in [0, 0.1) is 0 Å². The van der Waals surface area contributed by atoms with Gasteiger partial charge in [-0.1, -0.05) is 12.1 Å². The van der Waals surface area contributed by atoms with Crippen molar-refractivity contribution in [2.45, 2.75) is 13.2 Å². The van der Waals surface area contributed by atoms with E-state index in [9.17, 15) is 4.79 Å². The first kappa shape index (κ1) is 13.0. The molecule has 1 saturated heterocycles. The molecule has 1 aromatic carbocycles. The standard InChI is InChI=1S/C15H15NO4/c1-9(17)10-3-4-11-7-12(15-19-5-6-20-15)14(18-2)16-13(11)8-10/h3-4,7-8,15H,5-6H2,1-2H3. The van der Waals surface area contributed by atoms with E-state index in [0.717, 1.165) is 16.5 Å². The zero-order valence-corrected chi connectivity index (χ0v) is 11.4. The van der Waals surface area contributed by atoms with Crippen LogP contribution in [0.4, 0.5) is 0 Å². The number of hydrogen-bond donors (Lipinski definition) is 0. The zero-order chi connectivity index (χ0) is 14.1. The van der Waals surface area contributed by atoms with Crippen molar-refractivity contribution >= 4 is 16.7 Å². The van der Waals surface area contributed by atoms with Gasteiger partial charge in [0.25, 0.3) is 0 Å². The molecular weight excluding hydrogens is 258 g/mol. The molecule has 0 N–H and O–H groups in total. The molecule has 0 aliphatic carbocycles. The number of carbonyl (C=O) groups is 1. The summed E-state index contributed by atoms with van der Waals surface area (Å²) in [5.41, 5.74) is 2.12. The third-order valence-corrected chi connectivity index (χ3v) is 3.29. The lowest BCUT2D eigenvalue weighted by molar-refractivity contribution is -0.0457. The Morgan fingerprint density at radius 2 is 2.05 bits per heavy atom. The summed E-state index contributed by atoms with van der Waals surface area (Å²) < 4.78 is 16.3. The molecule has 1 aromatic heterocycles. The molecule has 2 heterocycles. The van der Waals surface area contributed by atoms with E-state index in [1.54, 1.807) is 19.2 Å². The molecule has 5 nitrogen and oxygen atoms in total. The second-order valence-corrected chi connectivity index (χ2v) is 4.62. The number of nitrogens with zero attached hydrogens (tertiary/aromatic N) is 1. The molecule has 5 heteroatoms. The van der Waals surface area contributed by atoms with E-state index in [1.165, 1.54) is 6.92 Å². The highest BCUT2D eigenvalue weighted by Crippen LogP contribution is 2.32. The maximum Gasteiger partial charge on any atom is 0.222 e. The van der Waals surface area contributed by atoms with Gasteiger partial charge < -0.3 is 14.2 Å². The Bertz CT molecular complexity index is 662. The van der Waals surface area contributed by atoms with E-state index < -0.39 is 6.29 Å². The number of fused-ring (bicyclic) bond motifs is 1. The van der Waals surface area contributed by atoms with E-state index in [0.29, 0.717) is 24.7 Å². The third kappa shape index (κ3) is 2.26. The van der Waals surface area contributed by atoms with Crippen LogP contribution in [0.5, 0.6) is 5.88 Å². The molecule has 104 valence electrons. The van der Waals surface area contributed by atoms with Gasteiger partial charge in [-0.2, -0.15) is 0 Å². The van der Waals surface area contributed by atoms with Crippen LogP contribution in [-0.2, 0) is 9.47 Å². The molecule has 0 amide bonds. The lowest BCUT2D eigenvalue weighted by Crippen LogP contribution is -2.04. The Balaban J connectivity index is 2.12. The number of carbonyl (C=O) groups excluding carboxylic acids is 1. The Labute approximate surface area is 116 Å². The highest BCUT2D eigenvalue weighted by molar-refractivity contribution is 5.97. The molecule has 1 fully saturated rings. The van der Waals surface area contributed by atoms with Crippen LogP contribution in [0.2, 0.25) is 0 Å². The molecular formula is C15H15NO4. The SMILES string of the molecule is COc1nc2cc(C(C)=O)ccc2cc1C1OCCO1. The topological polar surface area (TPSA) is 57.7 Å². The monoisotopic (exact) mass is 273 g/mol. The largest absolute Gasteiger partial charge is 0.481 e. The average Bonchev–Trinajstić information content (AvgIpc) is 2.99. The summed E-state index contributed by atoms with van der Waals surface area (Å²) in [6.07, 6.45) is -0.436. The predicted molar refractivity (Wildman–Crippen MR) is 72.9 cm³/mol. The van der Waals surface area contributed by atoms with E-state index in [4.69, 9.17) is 14.2 Å². The summed E-state index contributed by atoms with van der Waals surface area (Å²) in [5, 5.41) is 0.921. The van der Waals surface area contributed by atoms with Gasteiger partial charge in [0.1, 0.15) is 0 Å². The second-order valence-electron chi connectivity index (χ2n) is 4.62. The molecule has 0 atom stereocenters. The molecule has 0 bridgehead atoms. The number of hydrogen-bond acceptors (Lipinski definition) is 5. The molecule has 0 unspecified atom stereocenters. The van der Waals surface area contributed by atoms with Crippen molar-refractivity contribution in [2.24, 2.45) is 0 Å². The van der Waals surface area contributed by atoms with Crippen LogP contribution in [0.15, 0.2) is 24.3 Å². The maximum absolute atomic E-state index is 11.4. The van der Waals surface area contributed by atoms with Crippen LogP contribution < -0.4 is 4.74 Å². The number of benzene rings is 1. The van der Waals surface area contributed by atoms with E-state index in [2.05, 4.69) is 4.98 Å². The minimum Gasteiger partial charge on any atom is -0.481 e. The van der Waals surface area contributed by atoms with E-state index in [1.807, 2.05) is 12.1 Å². The molecule has 0 spiro atoms. The highest BCUT2D eigenvalue weighted by Gasteiger charge is 2.23. The molecule has 0 saturated carbocycles. The van der Waals surface area contributed by atoms with Crippen molar-refractivity contribution in [2.75, 3.05) is 20.3 Å². The fourth-order valence-electron chi connectivity index (χ4n) is 2.26. The van der Waals surface area contributed by atoms with Crippen LogP contribution in [0.3, 0.4) is 0 Å². The Hall–Kier alpha value is -1.98. The van der Waals surface area contributed by atoms with Gasteiger partial charge in [0.2, 0.25) is 5.88 Å². The van der Waals surface area contributed by atoms with Gasteiger partial charge in [-0.05, 0) is 19.1 Å². The van der Waals surface area contributed by atoms with E-state index >= 15 is 0 Å². The highest BCUT2D eigenvalue weighted by atomic mass is 16.7. The van der Waals surface area contributed by atoms with Crippen molar-refractivity contribution in [1.82, 2.24) is 4.98 Å². The second kappa shape index (κ2) is 5.19. The number of rotatable bonds is 3. The molecule has 1 aliphatic heterocycles. The van der Waals surface area contributed by atoms with Crippen LogP contribution in [0.25, 0.3) is 10.9 Å². The molecule has 0 radical (unpaired) electrons. The summed E-state index contributed by atoms with van der Waals surface area (Å²) in [6, 6.07) is 7.36. The number of ketones is 1. The Kier molecular flexibility index (Phi) is 3.38. The van der Waals surface area contributed by atoms with Crippen molar-refractivity contribution in [3.8, 4) is 5.88 Å². The molecule has 2 aromatic rings. The van der Waals surface area contributed by atoms with Gasteiger partial charge in [-0.15, -0.1) is 0 Å². The van der Waals surface area contributed by atoms with E-state index in [-0.39, 0.29) is 5.78 Å². The predicted octanol–water partition coefficient (Wildman–Crippen LogP) is 2.49. The minimum atomic E-state index is -0.436. The number of Topliss-reactive ketones (excluding diaryl/α,β-unsaturated/α-hetero) is 1. The molecule has 1 aliphatic rings. The summed E-state index contributed by atoms with van der Waals surface area (Å²) in [6.45, 7) is 2.66. The van der Waals surface area contributed by atoms with Gasteiger partial charge in [-0.3, -0.25) is 4.79 Å². The van der Waals surface area contributed by atoms with Crippen LogP contribution in [0.1, 0.15) is 29.1 Å². The Morgan fingerprint density at radius 1 is 1.30 bits per heavy atom. The number of ether oxygens (including phenoxy) is 3. The smallest absolute Gasteiger partial charge is 0.222 e. The Morgan fingerprint density at radius 3 is 2.70 bits per heavy atom. The van der Waals surface area contributed by atoms with Gasteiger partial charge in [0.15, 0.2) is 12.1 Å². The summed E-state index contributed by atoms with van der Waals surface area (Å²) >= 11 is 0. The van der Waals surface area contributed by atoms with Gasteiger partial charge >= 0.3 is 0 Å². The fraction of sp³-hybridized carbons (Fsp3) is 0.333. The van der Waals surface area contributed by atoms with Crippen molar-refractivity contribution in [3.05, 3.63) is 35.4 Å². The fourth-order valence-corrected chi connectivity index (χ4v) is 2.26. The van der Waals surface area contributed by atoms with Crippen LogP contribution in [-0.4, -0.2) is 31.1 Å². The van der Waals surface area contributed by atoms with Gasteiger partial charge in [0.05, 0.1) is 31.4 Å². The summed E-state index contributed by atoms with van der Waals surface area (Å²) in [4.78, 5) is 15.9. The number of pyridine rings is 1. The average molecular weight is 273 g/mol. The lowest BCUT2D eigenvalue weighted by atomic mass is 10.1. The first-order valence-corrected chi connectivity index (χ1v) is 6.42. The molecule has 20 heavy (non-hydrogen) atoms. The first-order valence-electron chi connectivity index (χ1n) is 6.42. The normalized spacial score (nSPS) is 15.7. The summed E-state index contributed by atoms with van der Waals surface area (Å²) in [5.74, 6) is 0.476.